The van der Waals surface area contributed by atoms with Crippen molar-refractivity contribution in [3.8, 4) is 0 Å². The van der Waals surface area contributed by atoms with Crippen molar-refractivity contribution in [2.75, 3.05) is 0 Å². The Kier molecular flexibility index (Phi) is 8.15. The summed E-state index contributed by atoms with van der Waals surface area (Å²) in [5.74, 6) is 0.452. The number of carbonyl (C=O) groups excluding carboxylic acids is 1. The van der Waals surface area contributed by atoms with Crippen LogP contribution in [0.3, 0.4) is 0 Å². The van der Waals surface area contributed by atoms with Crippen LogP contribution in [0.4, 0.5) is 0 Å². The zero-order valence-corrected chi connectivity index (χ0v) is 14.8. The normalized spacial score (nSPS) is 13.7. The predicted octanol–water partition coefficient (Wildman–Crippen LogP) is 5.52. The highest BCUT2D eigenvalue weighted by molar-refractivity contribution is 5.89. The second-order valence-corrected chi connectivity index (χ2v) is 6.33. The molecule has 0 saturated carbocycles. The first-order valence-corrected chi connectivity index (χ1v) is 8.14. The van der Waals surface area contributed by atoms with Crippen LogP contribution in [-0.2, 0) is 9.53 Å². The number of hydrogen-bond acceptors (Lipinski definition) is 2. The van der Waals surface area contributed by atoms with Crippen LogP contribution in [0.2, 0.25) is 0 Å². The second-order valence-electron chi connectivity index (χ2n) is 6.33. The van der Waals surface area contributed by atoms with E-state index in [1.54, 1.807) is 0 Å². The average molecular weight is 282 g/mol. The molecule has 0 rings (SSSR count). The van der Waals surface area contributed by atoms with Gasteiger partial charge in [0.05, 0.1) is 0 Å². The molecule has 0 aromatic carbocycles. The molecule has 0 unspecified atom stereocenters. The SMILES string of the molecule is CCC(CC)OC(=O)C(C)=C(C)C(C)(C)C(CC)CC. The van der Waals surface area contributed by atoms with E-state index in [-0.39, 0.29) is 17.5 Å². The van der Waals surface area contributed by atoms with Crippen molar-refractivity contribution in [1.29, 1.82) is 0 Å². The average Bonchev–Trinajstić information content (AvgIpc) is 2.43. The van der Waals surface area contributed by atoms with Gasteiger partial charge in [-0.1, -0.05) is 60.0 Å². The molecule has 0 aromatic heterocycles. The minimum absolute atomic E-state index is 0.0422. The maximum atomic E-state index is 12.3. The maximum absolute atomic E-state index is 12.3. The van der Waals surface area contributed by atoms with E-state index >= 15 is 0 Å². The third-order valence-corrected chi connectivity index (χ3v) is 5.03. The van der Waals surface area contributed by atoms with E-state index in [0.29, 0.717) is 5.92 Å². The smallest absolute Gasteiger partial charge is 0.333 e. The Morgan fingerprint density at radius 1 is 0.950 bits per heavy atom. The molecule has 20 heavy (non-hydrogen) atoms. The number of hydrogen-bond donors (Lipinski definition) is 0. The van der Waals surface area contributed by atoms with Crippen LogP contribution in [-0.4, -0.2) is 12.1 Å². The quantitative estimate of drug-likeness (QED) is 0.433. The summed E-state index contributed by atoms with van der Waals surface area (Å²) in [6.45, 7) is 17.0. The fraction of sp³-hybridized carbons (Fsp3) is 0.833. The molecule has 0 atom stereocenters. The first kappa shape index (κ1) is 19.2. The van der Waals surface area contributed by atoms with Crippen molar-refractivity contribution in [2.45, 2.75) is 87.2 Å². The predicted molar refractivity (Wildman–Crippen MR) is 86.7 cm³/mol. The van der Waals surface area contributed by atoms with Crippen LogP contribution in [0.25, 0.3) is 0 Å². The van der Waals surface area contributed by atoms with Crippen LogP contribution in [0.5, 0.6) is 0 Å². The molecule has 0 saturated heterocycles. The van der Waals surface area contributed by atoms with Crippen LogP contribution >= 0.6 is 0 Å². The third kappa shape index (κ3) is 4.64. The zero-order valence-electron chi connectivity index (χ0n) is 14.8. The molecule has 0 aliphatic heterocycles. The van der Waals surface area contributed by atoms with E-state index in [2.05, 4.69) is 48.5 Å². The molecule has 2 heteroatoms. The summed E-state index contributed by atoms with van der Waals surface area (Å²) >= 11 is 0. The van der Waals surface area contributed by atoms with E-state index in [4.69, 9.17) is 4.74 Å². The van der Waals surface area contributed by atoms with E-state index in [0.717, 1.165) is 31.3 Å². The fourth-order valence-corrected chi connectivity index (χ4v) is 2.95. The van der Waals surface area contributed by atoms with Crippen LogP contribution < -0.4 is 0 Å². The Bertz CT molecular complexity index is 331. The lowest BCUT2D eigenvalue weighted by molar-refractivity contribution is -0.144. The summed E-state index contributed by atoms with van der Waals surface area (Å²) in [6, 6.07) is 0. The van der Waals surface area contributed by atoms with Gasteiger partial charge in [-0.15, -0.1) is 0 Å². The number of ether oxygens (including phenoxy) is 1. The summed E-state index contributed by atoms with van der Waals surface area (Å²) < 4.78 is 5.58. The maximum Gasteiger partial charge on any atom is 0.333 e. The molecule has 0 radical (unpaired) electrons. The van der Waals surface area contributed by atoms with Crippen molar-refractivity contribution in [2.24, 2.45) is 11.3 Å². The Morgan fingerprint density at radius 3 is 1.75 bits per heavy atom. The van der Waals surface area contributed by atoms with Gasteiger partial charge in [0.2, 0.25) is 0 Å². The summed E-state index contributed by atoms with van der Waals surface area (Å²) in [5.41, 5.74) is 2.00. The highest BCUT2D eigenvalue weighted by Crippen LogP contribution is 2.40. The van der Waals surface area contributed by atoms with E-state index in [1.165, 1.54) is 5.57 Å². The van der Waals surface area contributed by atoms with Crippen molar-refractivity contribution in [1.82, 2.24) is 0 Å². The van der Waals surface area contributed by atoms with Crippen LogP contribution in [0, 0.1) is 11.3 Å². The molecule has 0 aliphatic carbocycles. The first-order chi connectivity index (χ1) is 9.25. The molecule has 0 N–H and O–H groups in total. The Labute approximate surface area is 126 Å². The summed E-state index contributed by atoms with van der Waals surface area (Å²) in [7, 11) is 0. The number of rotatable bonds is 8. The molecule has 0 bridgehead atoms. The lowest BCUT2D eigenvalue weighted by Gasteiger charge is -2.35. The highest BCUT2D eigenvalue weighted by atomic mass is 16.5. The van der Waals surface area contributed by atoms with Gasteiger partial charge in [0.1, 0.15) is 6.10 Å². The van der Waals surface area contributed by atoms with Crippen molar-refractivity contribution in [3.05, 3.63) is 11.1 Å². The molecule has 118 valence electrons. The monoisotopic (exact) mass is 282 g/mol. The number of esters is 1. The molecule has 0 amide bonds. The molecule has 0 aliphatic rings. The summed E-state index contributed by atoms with van der Waals surface area (Å²) in [5, 5.41) is 0. The van der Waals surface area contributed by atoms with Gasteiger partial charge in [0, 0.05) is 5.57 Å². The molecule has 0 spiro atoms. The highest BCUT2D eigenvalue weighted by Gasteiger charge is 2.31. The molecule has 0 aromatic rings. The standard InChI is InChI=1S/C18H34O2/c1-9-15(10-2)18(7,8)14(6)13(5)17(19)20-16(11-3)12-4/h15-16H,9-12H2,1-8H3. The van der Waals surface area contributed by atoms with E-state index in [1.807, 2.05) is 6.92 Å². The zero-order chi connectivity index (χ0) is 15.9. The molecular weight excluding hydrogens is 248 g/mol. The molecule has 0 heterocycles. The van der Waals surface area contributed by atoms with E-state index in [9.17, 15) is 4.79 Å². The second kappa shape index (κ2) is 8.49. The number of allylic oxidation sites excluding steroid dienone is 1. The Morgan fingerprint density at radius 2 is 1.40 bits per heavy atom. The van der Waals surface area contributed by atoms with Gasteiger partial charge in [-0.25, -0.2) is 4.79 Å². The first-order valence-electron chi connectivity index (χ1n) is 8.14. The Hall–Kier alpha value is -0.790. The van der Waals surface area contributed by atoms with Gasteiger partial charge in [-0.05, 0) is 38.0 Å². The topological polar surface area (TPSA) is 26.3 Å². The minimum Gasteiger partial charge on any atom is -0.459 e. The minimum atomic E-state index is -0.143. The van der Waals surface area contributed by atoms with Gasteiger partial charge in [-0.2, -0.15) is 0 Å². The van der Waals surface area contributed by atoms with Crippen LogP contribution in [0.1, 0.15) is 81.1 Å². The molecule has 2 nitrogen and oxygen atoms in total. The van der Waals surface area contributed by atoms with Gasteiger partial charge in [0.25, 0.3) is 0 Å². The molecular formula is C18H34O2. The van der Waals surface area contributed by atoms with E-state index < -0.39 is 0 Å². The van der Waals surface area contributed by atoms with Crippen LogP contribution in [0.15, 0.2) is 11.1 Å². The Balaban J connectivity index is 5.18. The van der Waals surface area contributed by atoms with Crippen molar-refractivity contribution >= 4 is 5.97 Å². The van der Waals surface area contributed by atoms with Gasteiger partial charge in [-0.3, -0.25) is 0 Å². The van der Waals surface area contributed by atoms with Gasteiger partial charge < -0.3 is 4.74 Å². The van der Waals surface area contributed by atoms with Crippen molar-refractivity contribution < 1.29 is 9.53 Å². The van der Waals surface area contributed by atoms with Crippen molar-refractivity contribution in [3.63, 3.8) is 0 Å². The lowest BCUT2D eigenvalue weighted by Crippen LogP contribution is -2.27. The van der Waals surface area contributed by atoms with Gasteiger partial charge >= 0.3 is 5.97 Å². The molecule has 0 fully saturated rings. The summed E-state index contributed by atoms with van der Waals surface area (Å²) in [6.07, 6.45) is 4.07. The lowest BCUT2D eigenvalue weighted by atomic mass is 9.70. The largest absolute Gasteiger partial charge is 0.459 e. The summed E-state index contributed by atoms with van der Waals surface area (Å²) in [4.78, 5) is 12.3. The fourth-order valence-electron chi connectivity index (χ4n) is 2.95. The third-order valence-electron chi connectivity index (χ3n) is 5.03. The number of carbonyl (C=O) groups is 1. The van der Waals surface area contributed by atoms with Gasteiger partial charge in [0.15, 0.2) is 0 Å².